The van der Waals surface area contributed by atoms with Crippen LogP contribution in [-0.2, 0) is 14.8 Å². The third-order valence-electron chi connectivity index (χ3n) is 4.66. The van der Waals surface area contributed by atoms with Gasteiger partial charge in [0, 0.05) is 25.2 Å². The normalized spacial score (nSPS) is 15.0. The van der Waals surface area contributed by atoms with Gasteiger partial charge in [0.15, 0.2) is 0 Å². The molecule has 9 heteroatoms. The van der Waals surface area contributed by atoms with Crippen LogP contribution in [0.3, 0.4) is 0 Å². The number of amides is 1. The first-order chi connectivity index (χ1) is 14.5. The Kier molecular flexibility index (Phi) is 7.78. The lowest BCUT2D eigenvalue weighted by Gasteiger charge is -2.26. The largest absolute Gasteiger partial charge is 0.494 e. The van der Waals surface area contributed by atoms with Crippen molar-refractivity contribution in [3.05, 3.63) is 59.9 Å². The molecule has 1 saturated heterocycles. The highest BCUT2D eigenvalue weighted by molar-refractivity contribution is 7.89. The molecule has 2 aromatic rings. The van der Waals surface area contributed by atoms with E-state index < -0.39 is 10.0 Å². The van der Waals surface area contributed by atoms with Crippen molar-refractivity contribution >= 4 is 15.9 Å². The minimum absolute atomic E-state index is 0.166. The fourth-order valence-electron chi connectivity index (χ4n) is 2.97. The Balaban J connectivity index is 1.40. The highest BCUT2D eigenvalue weighted by Gasteiger charge is 2.26. The van der Waals surface area contributed by atoms with Gasteiger partial charge in [0.25, 0.3) is 5.91 Å². The number of hydrogen-bond donors (Lipinski definition) is 1. The second-order valence-electron chi connectivity index (χ2n) is 6.81. The highest BCUT2D eigenvalue weighted by Crippen LogP contribution is 2.18. The molecule has 162 valence electrons. The van der Waals surface area contributed by atoms with Crippen LogP contribution in [0, 0.1) is 5.82 Å². The summed E-state index contributed by atoms with van der Waals surface area (Å²) in [6, 6.07) is 11.8. The van der Waals surface area contributed by atoms with Crippen LogP contribution in [0.1, 0.15) is 23.2 Å². The van der Waals surface area contributed by atoms with Gasteiger partial charge in [0.1, 0.15) is 11.6 Å². The SMILES string of the molecule is O=C(NCCCCOc1ccc(F)cc1)c1ccc(S(=O)(=O)N2CCOCC2)cc1. The Morgan fingerprint density at radius 1 is 1.03 bits per heavy atom. The zero-order valence-electron chi connectivity index (χ0n) is 16.6. The Morgan fingerprint density at radius 3 is 2.37 bits per heavy atom. The Hall–Kier alpha value is -2.49. The average Bonchev–Trinajstić information content (AvgIpc) is 2.78. The van der Waals surface area contributed by atoms with E-state index in [0.29, 0.717) is 50.8 Å². The lowest BCUT2D eigenvalue weighted by atomic mass is 10.2. The van der Waals surface area contributed by atoms with Crippen molar-refractivity contribution in [1.82, 2.24) is 9.62 Å². The van der Waals surface area contributed by atoms with Crippen LogP contribution in [-0.4, -0.2) is 58.1 Å². The molecule has 3 rings (SSSR count). The van der Waals surface area contributed by atoms with Crippen LogP contribution < -0.4 is 10.1 Å². The number of benzene rings is 2. The van der Waals surface area contributed by atoms with Crippen LogP contribution in [0.2, 0.25) is 0 Å². The lowest BCUT2D eigenvalue weighted by Crippen LogP contribution is -2.40. The third-order valence-corrected chi connectivity index (χ3v) is 6.58. The summed E-state index contributed by atoms with van der Waals surface area (Å²) >= 11 is 0. The van der Waals surface area contributed by atoms with Gasteiger partial charge < -0.3 is 14.8 Å². The minimum Gasteiger partial charge on any atom is -0.494 e. The molecule has 1 aliphatic rings. The topological polar surface area (TPSA) is 84.9 Å². The van der Waals surface area contributed by atoms with Crippen LogP contribution in [0.5, 0.6) is 5.75 Å². The Bertz CT molecular complexity index is 927. The summed E-state index contributed by atoms with van der Waals surface area (Å²) in [5.41, 5.74) is 0.401. The molecule has 30 heavy (non-hydrogen) atoms. The molecule has 0 aliphatic carbocycles. The Labute approximate surface area is 175 Å². The minimum atomic E-state index is -3.57. The first-order valence-electron chi connectivity index (χ1n) is 9.81. The van der Waals surface area contributed by atoms with Crippen molar-refractivity contribution in [3.63, 3.8) is 0 Å². The maximum Gasteiger partial charge on any atom is 0.251 e. The summed E-state index contributed by atoms with van der Waals surface area (Å²) in [6.45, 7) is 2.36. The number of nitrogens with one attached hydrogen (secondary N) is 1. The van der Waals surface area contributed by atoms with Crippen molar-refractivity contribution < 1.29 is 27.1 Å². The molecule has 1 fully saturated rings. The van der Waals surface area contributed by atoms with Gasteiger partial charge in [0.2, 0.25) is 10.0 Å². The first kappa shape index (κ1) is 22.2. The summed E-state index contributed by atoms with van der Waals surface area (Å²) in [7, 11) is -3.57. The summed E-state index contributed by atoms with van der Waals surface area (Å²) in [5.74, 6) is 0.0362. The molecule has 7 nitrogen and oxygen atoms in total. The molecule has 0 atom stereocenters. The van der Waals surface area contributed by atoms with E-state index in [4.69, 9.17) is 9.47 Å². The van der Waals surface area contributed by atoms with Crippen LogP contribution in [0.4, 0.5) is 4.39 Å². The smallest absolute Gasteiger partial charge is 0.251 e. The van der Waals surface area contributed by atoms with Gasteiger partial charge in [-0.2, -0.15) is 4.31 Å². The number of hydrogen-bond acceptors (Lipinski definition) is 5. The van der Waals surface area contributed by atoms with E-state index >= 15 is 0 Å². The van der Waals surface area contributed by atoms with Crippen molar-refractivity contribution in [2.45, 2.75) is 17.7 Å². The second-order valence-corrected chi connectivity index (χ2v) is 8.74. The molecule has 1 amide bonds. The maximum atomic E-state index is 12.8. The molecule has 1 N–H and O–H groups in total. The number of ether oxygens (including phenoxy) is 2. The van der Waals surface area contributed by atoms with E-state index in [-0.39, 0.29) is 16.6 Å². The van der Waals surface area contributed by atoms with Gasteiger partial charge in [-0.05, 0) is 61.4 Å². The number of carbonyl (C=O) groups excluding carboxylic acids is 1. The van der Waals surface area contributed by atoms with Gasteiger partial charge in [-0.25, -0.2) is 12.8 Å². The fraction of sp³-hybridized carbons (Fsp3) is 0.381. The summed E-state index contributed by atoms with van der Waals surface area (Å²) in [4.78, 5) is 12.4. The number of sulfonamides is 1. The maximum absolute atomic E-state index is 12.8. The molecule has 0 radical (unpaired) electrons. The number of halogens is 1. The predicted molar refractivity (Wildman–Crippen MR) is 109 cm³/mol. The molecule has 0 aromatic heterocycles. The summed E-state index contributed by atoms with van der Waals surface area (Å²) < 4.78 is 50.1. The standard InChI is InChI=1S/C21H25FN2O5S/c22-18-5-7-19(8-6-18)29-14-2-1-11-23-21(25)17-3-9-20(10-4-17)30(26,27)24-12-15-28-16-13-24/h3-10H,1-2,11-16H2,(H,23,25). The van der Waals surface area contributed by atoms with E-state index in [1.165, 1.54) is 40.7 Å². The fourth-order valence-corrected chi connectivity index (χ4v) is 4.37. The van der Waals surface area contributed by atoms with Crippen LogP contribution in [0.25, 0.3) is 0 Å². The van der Waals surface area contributed by atoms with Crippen LogP contribution in [0.15, 0.2) is 53.4 Å². The number of unbranched alkanes of at least 4 members (excludes halogenated alkanes) is 1. The van der Waals surface area contributed by atoms with Crippen molar-refractivity contribution in [2.24, 2.45) is 0 Å². The average molecular weight is 437 g/mol. The van der Waals surface area contributed by atoms with E-state index in [9.17, 15) is 17.6 Å². The molecule has 1 aliphatic heterocycles. The molecule has 0 bridgehead atoms. The van der Waals surface area contributed by atoms with Crippen molar-refractivity contribution in [3.8, 4) is 5.75 Å². The number of carbonyl (C=O) groups is 1. The van der Waals surface area contributed by atoms with Crippen LogP contribution >= 0.6 is 0 Å². The van der Waals surface area contributed by atoms with Gasteiger partial charge >= 0.3 is 0 Å². The van der Waals surface area contributed by atoms with Crippen molar-refractivity contribution in [1.29, 1.82) is 0 Å². The molecular formula is C21H25FN2O5S. The number of rotatable bonds is 9. The summed E-state index contributed by atoms with van der Waals surface area (Å²) in [5, 5.41) is 2.81. The van der Waals surface area contributed by atoms with E-state index in [0.717, 1.165) is 12.8 Å². The first-order valence-corrected chi connectivity index (χ1v) is 11.3. The summed E-state index contributed by atoms with van der Waals surface area (Å²) in [6.07, 6.45) is 1.45. The van der Waals surface area contributed by atoms with Gasteiger partial charge in [-0.3, -0.25) is 4.79 Å². The molecule has 2 aromatic carbocycles. The zero-order valence-corrected chi connectivity index (χ0v) is 17.4. The van der Waals surface area contributed by atoms with Crippen molar-refractivity contribution in [2.75, 3.05) is 39.5 Å². The molecule has 1 heterocycles. The van der Waals surface area contributed by atoms with E-state index in [1.54, 1.807) is 12.1 Å². The quantitative estimate of drug-likeness (QED) is 0.611. The highest BCUT2D eigenvalue weighted by atomic mass is 32.2. The lowest BCUT2D eigenvalue weighted by molar-refractivity contribution is 0.0730. The zero-order chi connectivity index (χ0) is 21.4. The monoisotopic (exact) mass is 436 g/mol. The van der Waals surface area contributed by atoms with Gasteiger partial charge in [-0.1, -0.05) is 0 Å². The predicted octanol–water partition coefficient (Wildman–Crippen LogP) is 2.44. The van der Waals surface area contributed by atoms with E-state index in [2.05, 4.69) is 5.32 Å². The van der Waals surface area contributed by atoms with E-state index in [1.807, 2.05) is 0 Å². The third kappa shape index (κ3) is 6.01. The van der Waals surface area contributed by atoms with Gasteiger partial charge in [-0.15, -0.1) is 0 Å². The molecule has 0 saturated carbocycles. The molecule has 0 unspecified atom stereocenters. The second kappa shape index (κ2) is 10.5. The molecular weight excluding hydrogens is 411 g/mol. The molecule has 0 spiro atoms. The Morgan fingerprint density at radius 2 is 1.70 bits per heavy atom. The number of nitrogens with zero attached hydrogens (tertiary/aromatic N) is 1. The number of morpholine rings is 1. The van der Waals surface area contributed by atoms with Gasteiger partial charge in [0.05, 0.1) is 24.7 Å².